The molecule has 5 heteroatoms. The lowest BCUT2D eigenvalue weighted by molar-refractivity contribution is 1.06. The molecule has 3 rings (SSSR count). The second-order valence-electron chi connectivity index (χ2n) is 3.82. The molecule has 0 fully saturated rings. The van der Waals surface area contributed by atoms with Crippen molar-refractivity contribution in [2.24, 2.45) is 0 Å². The van der Waals surface area contributed by atoms with E-state index in [0.29, 0.717) is 0 Å². The van der Waals surface area contributed by atoms with Crippen molar-refractivity contribution in [3.63, 3.8) is 0 Å². The highest BCUT2D eigenvalue weighted by atomic mass is 79.9. The fourth-order valence-corrected chi connectivity index (χ4v) is 3.77. The third-order valence-corrected chi connectivity index (χ3v) is 4.74. The van der Waals surface area contributed by atoms with Gasteiger partial charge >= 0.3 is 0 Å². The maximum absolute atomic E-state index is 5.35. The first-order valence-corrected chi connectivity index (χ1v) is 7.56. The predicted octanol–water partition coefficient (Wildman–Crippen LogP) is 4.32. The number of benzene rings is 1. The van der Waals surface area contributed by atoms with Crippen LogP contribution in [0.5, 0.6) is 0 Å². The summed E-state index contributed by atoms with van der Waals surface area (Å²) in [5.74, 6) is 2.83. The Morgan fingerprint density at radius 3 is 2.94 bits per heavy atom. The van der Waals surface area contributed by atoms with Gasteiger partial charge in [-0.25, -0.2) is 4.98 Å². The molecule has 2 heterocycles. The second-order valence-corrected chi connectivity index (χ2v) is 6.05. The van der Waals surface area contributed by atoms with E-state index in [9.17, 15) is 0 Å². The van der Waals surface area contributed by atoms with E-state index in [0.717, 1.165) is 32.0 Å². The zero-order valence-electron chi connectivity index (χ0n) is 8.87. The van der Waals surface area contributed by atoms with Crippen molar-refractivity contribution in [3.05, 3.63) is 44.6 Å². The van der Waals surface area contributed by atoms with Crippen molar-refractivity contribution in [2.45, 2.75) is 11.5 Å². The molecule has 1 aliphatic heterocycles. The molecule has 0 amide bonds. The Morgan fingerprint density at radius 1 is 1.29 bits per heavy atom. The molecule has 0 atom stereocenters. The number of halogens is 1. The van der Waals surface area contributed by atoms with E-state index in [2.05, 4.69) is 25.9 Å². The molecule has 86 valence electrons. The Balaban J connectivity index is 2.20. The summed E-state index contributed by atoms with van der Waals surface area (Å²) in [5.41, 5.74) is 3.47. The molecule has 0 radical (unpaired) electrons. The van der Waals surface area contributed by atoms with Crippen LogP contribution in [-0.2, 0) is 11.5 Å². The average molecular weight is 325 g/mol. The standard InChI is InChI=1S/C12H9BrN2S2/c13-9-4-2-1-3-7(9)11-14-10-6-17-5-8(10)12(16)15-11/h1-4H,5-6H2,(H,14,15,16). The van der Waals surface area contributed by atoms with Crippen molar-refractivity contribution < 1.29 is 0 Å². The Labute approximate surface area is 117 Å². The highest BCUT2D eigenvalue weighted by molar-refractivity contribution is 9.10. The van der Waals surface area contributed by atoms with Crippen LogP contribution in [0.4, 0.5) is 0 Å². The number of nitrogens with one attached hydrogen (secondary N) is 1. The molecule has 1 N–H and O–H groups in total. The van der Waals surface area contributed by atoms with Gasteiger partial charge in [0, 0.05) is 32.8 Å². The molecule has 0 saturated carbocycles. The molecule has 1 aromatic heterocycles. The van der Waals surface area contributed by atoms with Crippen LogP contribution < -0.4 is 0 Å². The zero-order valence-corrected chi connectivity index (χ0v) is 12.1. The zero-order chi connectivity index (χ0) is 11.8. The number of hydrogen-bond acceptors (Lipinski definition) is 3. The molecule has 2 aromatic rings. The average Bonchev–Trinajstić information content (AvgIpc) is 2.78. The monoisotopic (exact) mass is 324 g/mol. The first kappa shape index (κ1) is 11.4. The van der Waals surface area contributed by atoms with Crippen LogP contribution in [0.2, 0.25) is 0 Å². The maximum Gasteiger partial charge on any atom is 0.140 e. The van der Waals surface area contributed by atoms with E-state index in [-0.39, 0.29) is 0 Å². The minimum atomic E-state index is 0.731. The Kier molecular flexibility index (Phi) is 3.06. The molecule has 2 nitrogen and oxygen atoms in total. The molecule has 0 bridgehead atoms. The van der Waals surface area contributed by atoms with Gasteiger partial charge in [-0.1, -0.05) is 46.3 Å². The van der Waals surface area contributed by atoms with Gasteiger partial charge in [0.15, 0.2) is 0 Å². The van der Waals surface area contributed by atoms with Crippen LogP contribution >= 0.6 is 39.9 Å². The molecule has 0 aliphatic carbocycles. The van der Waals surface area contributed by atoms with Crippen LogP contribution in [0, 0.1) is 4.64 Å². The van der Waals surface area contributed by atoms with Crippen LogP contribution in [0.15, 0.2) is 28.7 Å². The number of fused-ring (bicyclic) bond motifs is 1. The smallest absolute Gasteiger partial charge is 0.140 e. The first-order valence-electron chi connectivity index (χ1n) is 5.20. The highest BCUT2D eigenvalue weighted by Crippen LogP contribution is 2.32. The summed E-state index contributed by atoms with van der Waals surface area (Å²) in [7, 11) is 0. The van der Waals surface area contributed by atoms with Crippen molar-refractivity contribution in [1.29, 1.82) is 0 Å². The quantitative estimate of drug-likeness (QED) is 0.792. The summed E-state index contributed by atoms with van der Waals surface area (Å²) < 4.78 is 1.76. The molecule has 1 aliphatic rings. The Hall–Kier alpha value is -0.650. The second kappa shape index (κ2) is 4.55. The summed E-state index contributed by atoms with van der Waals surface area (Å²) >= 11 is 10.8. The number of aromatic nitrogens is 2. The number of aromatic amines is 1. The van der Waals surface area contributed by atoms with Crippen LogP contribution in [-0.4, -0.2) is 9.97 Å². The van der Waals surface area contributed by atoms with E-state index in [1.165, 1.54) is 11.3 Å². The van der Waals surface area contributed by atoms with Crippen LogP contribution in [0.1, 0.15) is 11.3 Å². The maximum atomic E-state index is 5.35. The van der Waals surface area contributed by atoms with E-state index < -0.39 is 0 Å². The fraction of sp³-hybridized carbons (Fsp3) is 0.167. The van der Waals surface area contributed by atoms with Crippen molar-refractivity contribution in [2.75, 3.05) is 0 Å². The lowest BCUT2D eigenvalue weighted by Gasteiger charge is -2.06. The van der Waals surface area contributed by atoms with Gasteiger partial charge in [0.25, 0.3) is 0 Å². The number of rotatable bonds is 1. The van der Waals surface area contributed by atoms with E-state index in [1.54, 1.807) is 0 Å². The Morgan fingerprint density at radius 2 is 2.12 bits per heavy atom. The molecule has 0 unspecified atom stereocenters. The lowest BCUT2D eigenvalue weighted by Crippen LogP contribution is -1.97. The number of hydrogen-bond donors (Lipinski definition) is 1. The number of nitrogens with zero attached hydrogens (tertiary/aromatic N) is 1. The summed E-state index contributed by atoms with van der Waals surface area (Å²) in [4.78, 5) is 7.89. The van der Waals surface area contributed by atoms with Crippen molar-refractivity contribution in [1.82, 2.24) is 9.97 Å². The van der Waals surface area contributed by atoms with Crippen molar-refractivity contribution in [3.8, 4) is 11.4 Å². The molecule has 1 aromatic carbocycles. The highest BCUT2D eigenvalue weighted by Gasteiger charge is 2.16. The summed E-state index contributed by atoms with van der Waals surface area (Å²) in [5, 5.41) is 0. The van der Waals surface area contributed by atoms with Gasteiger partial charge in [0.1, 0.15) is 10.5 Å². The molecular weight excluding hydrogens is 316 g/mol. The van der Waals surface area contributed by atoms with E-state index in [1.807, 2.05) is 36.0 Å². The first-order chi connectivity index (χ1) is 8.25. The topological polar surface area (TPSA) is 28.7 Å². The van der Waals surface area contributed by atoms with Crippen LogP contribution in [0.3, 0.4) is 0 Å². The number of thioether (sulfide) groups is 1. The molecule has 17 heavy (non-hydrogen) atoms. The lowest BCUT2D eigenvalue weighted by atomic mass is 10.2. The van der Waals surface area contributed by atoms with Crippen LogP contribution in [0.25, 0.3) is 11.4 Å². The minimum Gasteiger partial charge on any atom is -0.342 e. The molecular formula is C12H9BrN2S2. The SMILES string of the molecule is S=c1nc(-c2ccccc2Br)[nH]c2c1CSC2. The van der Waals surface area contributed by atoms with Crippen molar-refractivity contribution >= 4 is 39.9 Å². The largest absolute Gasteiger partial charge is 0.342 e. The summed E-state index contributed by atoms with van der Waals surface area (Å²) in [6, 6.07) is 8.04. The van der Waals surface area contributed by atoms with Gasteiger partial charge in [-0.2, -0.15) is 11.8 Å². The van der Waals surface area contributed by atoms with Gasteiger partial charge in [-0.15, -0.1) is 0 Å². The van der Waals surface area contributed by atoms with E-state index in [4.69, 9.17) is 12.2 Å². The normalized spacial score (nSPS) is 13.7. The van der Waals surface area contributed by atoms with E-state index >= 15 is 0 Å². The third-order valence-electron chi connectivity index (χ3n) is 2.73. The molecule has 0 saturated heterocycles. The van der Waals surface area contributed by atoms with Gasteiger partial charge in [-0.3, -0.25) is 0 Å². The number of H-pyrrole nitrogens is 1. The predicted molar refractivity (Wildman–Crippen MR) is 77.6 cm³/mol. The molecule has 0 spiro atoms. The summed E-state index contributed by atoms with van der Waals surface area (Å²) in [6.07, 6.45) is 0. The Bertz CT molecular complexity index is 637. The van der Waals surface area contributed by atoms with Gasteiger partial charge in [0.05, 0.1) is 0 Å². The van der Waals surface area contributed by atoms with Gasteiger partial charge in [0.2, 0.25) is 0 Å². The fourth-order valence-electron chi connectivity index (χ4n) is 1.85. The third kappa shape index (κ3) is 2.07. The summed E-state index contributed by atoms with van der Waals surface area (Å²) in [6.45, 7) is 0. The van der Waals surface area contributed by atoms with Gasteiger partial charge < -0.3 is 4.98 Å². The minimum absolute atomic E-state index is 0.731. The van der Waals surface area contributed by atoms with Gasteiger partial charge in [-0.05, 0) is 6.07 Å².